The van der Waals surface area contributed by atoms with Gasteiger partial charge in [0.25, 0.3) is 0 Å². The van der Waals surface area contributed by atoms with Gasteiger partial charge in [-0.25, -0.2) is 8.42 Å². The molecule has 1 heterocycles. The van der Waals surface area contributed by atoms with Crippen LogP contribution in [0.4, 0.5) is 5.69 Å². The SMILES string of the molecule is CC(=O)c1ccccc1NC(=O)[C@H](C)N1CCN(S(=O)(=O)c2ccc3c(c2)CCC3)CC1. The number of ketones is 1. The minimum atomic E-state index is -3.55. The number of nitrogens with zero attached hydrogens (tertiary/aromatic N) is 2. The zero-order valence-electron chi connectivity index (χ0n) is 18.5. The molecule has 0 spiro atoms. The minimum Gasteiger partial charge on any atom is -0.324 e. The molecule has 7 nitrogen and oxygen atoms in total. The highest BCUT2D eigenvalue weighted by atomic mass is 32.2. The van der Waals surface area contributed by atoms with Crippen molar-refractivity contribution in [2.45, 2.75) is 44.0 Å². The highest BCUT2D eigenvalue weighted by Gasteiger charge is 2.32. The molecule has 0 radical (unpaired) electrons. The quantitative estimate of drug-likeness (QED) is 0.677. The van der Waals surface area contributed by atoms with Crippen LogP contribution in [0, 0.1) is 0 Å². The third-order valence-electron chi connectivity index (χ3n) is 6.47. The lowest BCUT2D eigenvalue weighted by atomic mass is 10.1. The zero-order chi connectivity index (χ0) is 22.9. The second-order valence-electron chi connectivity index (χ2n) is 8.49. The van der Waals surface area contributed by atoms with E-state index in [2.05, 4.69) is 5.32 Å². The number of sulfonamides is 1. The number of nitrogens with one attached hydrogen (secondary N) is 1. The highest BCUT2D eigenvalue weighted by molar-refractivity contribution is 7.89. The van der Waals surface area contributed by atoms with Gasteiger partial charge in [0.15, 0.2) is 5.78 Å². The topological polar surface area (TPSA) is 86.8 Å². The van der Waals surface area contributed by atoms with E-state index in [1.807, 2.05) is 17.0 Å². The second-order valence-corrected chi connectivity index (χ2v) is 10.4. The number of rotatable bonds is 6. The molecule has 0 unspecified atom stereocenters. The van der Waals surface area contributed by atoms with Gasteiger partial charge < -0.3 is 5.32 Å². The molecule has 1 aliphatic heterocycles. The summed E-state index contributed by atoms with van der Waals surface area (Å²) in [7, 11) is -3.55. The minimum absolute atomic E-state index is 0.112. The number of amides is 1. The fourth-order valence-electron chi connectivity index (χ4n) is 4.49. The van der Waals surface area contributed by atoms with Gasteiger partial charge in [-0.2, -0.15) is 4.31 Å². The first kappa shape index (κ1) is 22.6. The van der Waals surface area contributed by atoms with Crippen LogP contribution in [0.15, 0.2) is 47.4 Å². The van der Waals surface area contributed by atoms with Crippen LogP contribution in [0.2, 0.25) is 0 Å². The summed E-state index contributed by atoms with van der Waals surface area (Å²) in [5.74, 6) is -0.326. The lowest BCUT2D eigenvalue weighted by Gasteiger charge is -2.36. The molecular formula is C24H29N3O4S. The van der Waals surface area contributed by atoms with Gasteiger partial charge in [-0.05, 0) is 68.5 Å². The Balaban J connectivity index is 1.39. The molecule has 1 aliphatic carbocycles. The van der Waals surface area contributed by atoms with Crippen LogP contribution >= 0.6 is 0 Å². The standard InChI is InChI=1S/C24H29N3O4S/c1-17(24(29)25-23-9-4-3-8-22(23)18(2)28)26-12-14-27(15-13-26)32(30,31)21-11-10-19-6-5-7-20(19)16-21/h3-4,8-11,16-17H,5-7,12-15H2,1-2H3,(H,25,29)/t17-/m0/s1. The van der Waals surface area contributed by atoms with Crippen LogP contribution in [0.3, 0.4) is 0 Å². The van der Waals surface area contributed by atoms with Crippen molar-refractivity contribution < 1.29 is 18.0 Å². The summed E-state index contributed by atoms with van der Waals surface area (Å²) < 4.78 is 27.8. The third-order valence-corrected chi connectivity index (χ3v) is 8.37. The van der Waals surface area contributed by atoms with Crippen LogP contribution in [0.1, 0.15) is 41.8 Å². The van der Waals surface area contributed by atoms with Gasteiger partial charge in [-0.15, -0.1) is 0 Å². The van der Waals surface area contributed by atoms with E-state index in [1.165, 1.54) is 16.8 Å². The predicted octanol–water partition coefficient (Wildman–Crippen LogP) is 2.71. The molecule has 4 rings (SSSR count). The summed E-state index contributed by atoms with van der Waals surface area (Å²) in [6.45, 7) is 4.87. The van der Waals surface area contributed by atoms with Crippen LogP contribution in [0.25, 0.3) is 0 Å². The summed E-state index contributed by atoms with van der Waals surface area (Å²) in [5, 5.41) is 2.85. The summed E-state index contributed by atoms with van der Waals surface area (Å²) in [6, 6.07) is 12.0. The summed E-state index contributed by atoms with van der Waals surface area (Å²) >= 11 is 0. The van der Waals surface area contributed by atoms with Crippen LogP contribution in [0.5, 0.6) is 0 Å². The molecule has 1 fully saturated rings. The summed E-state index contributed by atoms with van der Waals surface area (Å²) in [4.78, 5) is 26.9. The van der Waals surface area contributed by atoms with E-state index in [0.717, 1.165) is 24.8 Å². The van der Waals surface area contributed by atoms with E-state index in [0.29, 0.717) is 42.3 Å². The summed E-state index contributed by atoms with van der Waals surface area (Å²) in [5.41, 5.74) is 3.36. The predicted molar refractivity (Wildman–Crippen MR) is 123 cm³/mol. The number of para-hydroxylation sites is 1. The van der Waals surface area contributed by atoms with Gasteiger partial charge >= 0.3 is 0 Å². The number of hydrogen-bond acceptors (Lipinski definition) is 5. The Morgan fingerprint density at radius 2 is 1.66 bits per heavy atom. The molecule has 1 N–H and O–H groups in total. The maximum atomic E-state index is 13.1. The first-order chi connectivity index (χ1) is 15.3. The molecule has 1 atom stereocenters. The smallest absolute Gasteiger partial charge is 0.243 e. The van der Waals surface area contributed by atoms with Gasteiger partial charge in [0, 0.05) is 31.7 Å². The van der Waals surface area contributed by atoms with Gasteiger partial charge in [-0.3, -0.25) is 14.5 Å². The van der Waals surface area contributed by atoms with E-state index in [-0.39, 0.29) is 11.7 Å². The average Bonchev–Trinajstić information content (AvgIpc) is 3.27. The number of hydrogen-bond donors (Lipinski definition) is 1. The number of benzene rings is 2. The fraction of sp³-hybridized carbons (Fsp3) is 0.417. The van der Waals surface area contributed by atoms with Gasteiger partial charge in [-0.1, -0.05) is 18.2 Å². The average molecular weight is 456 g/mol. The first-order valence-electron chi connectivity index (χ1n) is 11.0. The Hall–Kier alpha value is -2.55. The zero-order valence-corrected chi connectivity index (χ0v) is 19.3. The van der Waals surface area contributed by atoms with Crippen LogP contribution in [-0.2, 0) is 27.7 Å². The van der Waals surface area contributed by atoms with Crippen molar-refractivity contribution in [1.29, 1.82) is 0 Å². The van der Waals surface area contributed by atoms with Crippen molar-refractivity contribution in [1.82, 2.24) is 9.21 Å². The van der Waals surface area contributed by atoms with Gasteiger partial charge in [0.1, 0.15) is 0 Å². The monoisotopic (exact) mass is 455 g/mol. The first-order valence-corrected chi connectivity index (χ1v) is 12.5. The Morgan fingerprint density at radius 1 is 0.969 bits per heavy atom. The molecule has 170 valence electrons. The maximum absolute atomic E-state index is 13.1. The van der Waals surface area contributed by atoms with Crippen molar-refractivity contribution in [3.05, 3.63) is 59.2 Å². The number of Topliss-reactive ketones (excluding diaryl/α,β-unsaturated/α-hetero) is 1. The van der Waals surface area contributed by atoms with E-state index < -0.39 is 16.1 Å². The van der Waals surface area contributed by atoms with Gasteiger partial charge in [0.2, 0.25) is 15.9 Å². The van der Waals surface area contributed by atoms with E-state index >= 15 is 0 Å². The number of carbonyl (C=O) groups excluding carboxylic acids is 2. The number of anilines is 1. The lowest BCUT2D eigenvalue weighted by Crippen LogP contribution is -2.53. The number of fused-ring (bicyclic) bond motifs is 1. The van der Waals surface area contributed by atoms with Crippen LogP contribution in [-0.4, -0.2) is 61.5 Å². The molecule has 0 saturated carbocycles. The van der Waals surface area contributed by atoms with Crippen molar-refractivity contribution in [3.8, 4) is 0 Å². The number of aryl methyl sites for hydroxylation is 2. The molecule has 8 heteroatoms. The molecule has 2 aromatic rings. The maximum Gasteiger partial charge on any atom is 0.243 e. The Bertz CT molecular complexity index is 1140. The van der Waals surface area contributed by atoms with Gasteiger partial charge in [0.05, 0.1) is 16.6 Å². The Labute approximate surface area is 189 Å². The third kappa shape index (κ3) is 4.48. The van der Waals surface area contributed by atoms with E-state index in [9.17, 15) is 18.0 Å². The largest absolute Gasteiger partial charge is 0.324 e. The summed E-state index contributed by atoms with van der Waals surface area (Å²) in [6.07, 6.45) is 3.03. The molecule has 2 aromatic carbocycles. The highest BCUT2D eigenvalue weighted by Crippen LogP contribution is 2.27. The molecule has 32 heavy (non-hydrogen) atoms. The molecule has 1 saturated heterocycles. The number of piperazine rings is 1. The van der Waals surface area contributed by atoms with Crippen molar-refractivity contribution in [2.24, 2.45) is 0 Å². The van der Waals surface area contributed by atoms with Crippen molar-refractivity contribution in [3.63, 3.8) is 0 Å². The van der Waals surface area contributed by atoms with Crippen molar-refractivity contribution >= 4 is 27.4 Å². The van der Waals surface area contributed by atoms with Crippen LogP contribution < -0.4 is 5.32 Å². The second kappa shape index (κ2) is 9.13. The number of carbonyl (C=O) groups is 2. The normalized spacial score (nSPS) is 18.2. The molecule has 0 bridgehead atoms. The molecule has 0 aromatic heterocycles. The molecule has 1 amide bonds. The molecular weight excluding hydrogens is 426 g/mol. The lowest BCUT2D eigenvalue weighted by molar-refractivity contribution is -0.121. The van der Waals surface area contributed by atoms with E-state index in [4.69, 9.17) is 0 Å². The Morgan fingerprint density at radius 3 is 2.38 bits per heavy atom. The molecule has 2 aliphatic rings. The van der Waals surface area contributed by atoms with Crippen molar-refractivity contribution in [2.75, 3.05) is 31.5 Å². The fourth-order valence-corrected chi connectivity index (χ4v) is 5.96. The Kier molecular flexibility index (Phi) is 6.46. The van der Waals surface area contributed by atoms with E-state index in [1.54, 1.807) is 37.3 Å².